The van der Waals surface area contributed by atoms with Gasteiger partial charge in [0.2, 0.25) is 5.91 Å². The zero-order valence-electron chi connectivity index (χ0n) is 11.4. The summed E-state index contributed by atoms with van der Waals surface area (Å²) in [5, 5.41) is 11.9. The molecule has 0 aliphatic rings. The molecule has 0 unspecified atom stereocenters. The number of benzene rings is 1. The molecule has 0 saturated heterocycles. The van der Waals surface area contributed by atoms with Gasteiger partial charge in [0.15, 0.2) is 0 Å². The molecule has 0 saturated carbocycles. The Morgan fingerprint density at radius 1 is 1.39 bits per heavy atom. The van der Waals surface area contributed by atoms with Gasteiger partial charge >= 0.3 is 0 Å². The van der Waals surface area contributed by atoms with E-state index < -0.39 is 5.41 Å². The Hall–Kier alpha value is -1.82. The quantitative estimate of drug-likeness (QED) is 0.881. The van der Waals surface area contributed by atoms with Gasteiger partial charge in [-0.3, -0.25) is 4.79 Å². The first-order valence-electron chi connectivity index (χ1n) is 6.23. The van der Waals surface area contributed by atoms with E-state index in [0.717, 1.165) is 17.7 Å². The van der Waals surface area contributed by atoms with Crippen LogP contribution in [0.3, 0.4) is 0 Å². The smallest absolute Gasteiger partial charge is 0.227 e. The summed E-state index contributed by atoms with van der Waals surface area (Å²) < 4.78 is 0. The van der Waals surface area contributed by atoms with Crippen LogP contribution in [0.2, 0.25) is 0 Å². The van der Waals surface area contributed by atoms with Gasteiger partial charge in [-0.2, -0.15) is 5.26 Å². The molecule has 0 spiro atoms. The molecular formula is C15H20N2O. The summed E-state index contributed by atoms with van der Waals surface area (Å²) in [5.74, 6) is 0.0463. The van der Waals surface area contributed by atoms with Crippen LogP contribution in [-0.2, 0) is 10.2 Å². The minimum atomic E-state index is -0.501. The molecule has 0 fully saturated rings. The van der Waals surface area contributed by atoms with E-state index in [9.17, 15) is 4.79 Å². The Kier molecular flexibility index (Phi) is 4.49. The van der Waals surface area contributed by atoms with Crippen LogP contribution in [0.5, 0.6) is 0 Å². The molecule has 0 radical (unpaired) electrons. The van der Waals surface area contributed by atoms with Crippen molar-refractivity contribution in [2.45, 2.75) is 39.5 Å². The van der Waals surface area contributed by atoms with Crippen molar-refractivity contribution in [1.82, 2.24) is 0 Å². The summed E-state index contributed by atoms with van der Waals surface area (Å²) in [4.78, 5) is 11.7. The fraction of sp³-hybridized carbons (Fsp3) is 0.467. The van der Waals surface area contributed by atoms with E-state index in [1.165, 1.54) is 0 Å². The summed E-state index contributed by atoms with van der Waals surface area (Å²) in [7, 11) is 0. The Labute approximate surface area is 109 Å². The second-order valence-electron chi connectivity index (χ2n) is 5.11. The van der Waals surface area contributed by atoms with E-state index in [1.54, 1.807) is 0 Å². The highest BCUT2D eigenvalue weighted by Crippen LogP contribution is 2.23. The van der Waals surface area contributed by atoms with Crippen molar-refractivity contribution in [3.05, 3.63) is 29.8 Å². The van der Waals surface area contributed by atoms with Gasteiger partial charge in [-0.05, 0) is 38.0 Å². The molecule has 1 N–H and O–H groups in total. The van der Waals surface area contributed by atoms with Crippen molar-refractivity contribution in [3.63, 3.8) is 0 Å². The Morgan fingerprint density at radius 3 is 2.39 bits per heavy atom. The number of nitriles is 1. The predicted molar refractivity (Wildman–Crippen MR) is 73.2 cm³/mol. The summed E-state index contributed by atoms with van der Waals surface area (Å²) >= 11 is 0. The predicted octanol–water partition coefficient (Wildman–Crippen LogP) is 3.47. The first-order chi connectivity index (χ1) is 8.40. The van der Waals surface area contributed by atoms with Gasteiger partial charge in [0.05, 0.1) is 11.5 Å². The van der Waals surface area contributed by atoms with Crippen LogP contribution in [-0.4, -0.2) is 5.91 Å². The molecule has 3 nitrogen and oxygen atoms in total. The monoisotopic (exact) mass is 244 g/mol. The molecule has 1 rings (SSSR count). The van der Waals surface area contributed by atoms with Crippen LogP contribution in [0.1, 0.15) is 39.7 Å². The maximum absolute atomic E-state index is 11.7. The highest BCUT2D eigenvalue weighted by Gasteiger charge is 2.19. The normalized spacial score (nSPS) is 12.6. The lowest BCUT2D eigenvalue weighted by Gasteiger charge is -2.16. The molecule has 1 atom stereocenters. The summed E-state index contributed by atoms with van der Waals surface area (Å²) in [6, 6.07) is 9.71. The van der Waals surface area contributed by atoms with E-state index in [2.05, 4.69) is 11.4 Å². The number of nitrogens with one attached hydrogen (secondary N) is 1. The third-order valence-corrected chi connectivity index (χ3v) is 3.21. The van der Waals surface area contributed by atoms with E-state index >= 15 is 0 Å². The summed E-state index contributed by atoms with van der Waals surface area (Å²) in [6.07, 6.45) is 0.825. The molecule has 18 heavy (non-hydrogen) atoms. The molecule has 96 valence electrons. The van der Waals surface area contributed by atoms with Gasteiger partial charge in [-0.1, -0.05) is 26.0 Å². The zero-order valence-corrected chi connectivity index (χ0v) is 11.4. The Morgan fingerprint density at radius 2 is 1.94 bits per heavy atom. The molecule has 1 amide bonds. The van der Waals surface area contributed by atoms with Gasteiger partial charge in [0.1, 0.15) is 0 Å². The minimum absolute atomic E-state index is 0.0141. The van der Waals surface area contributed by atoms with Crippen LogP contribution in [0.25, 0.3) is 0 Å². The molecule has 1 aromatic carbocycles. The maximum atomic E-state index is 11.7. The first-order valence-corrected chi connectivity index (χ1v) is 6.23. The molecule has 0 bridgehead atoms. The fourth-order valence-electron chi connectivity index (χ4n) is 1.49. The van der Waals surface area contributed by atoms with Crippen LogP contribution in [0.15, 0.2) is 24.3 Å². The molecule has 3 heteroatoms. The molecular weight excluding hydrogens is 224 g/mol. The van der Waals surface area contributed by atoms with Gasteiger partial charge in [-0.15, -0.1) is 0 Å². The van der Waals surface area contributed by atoms with Crippen LogP contribution >= 0.6 is 0 Å². The van der Waals surface area contributed by atoms with Crippen molar-refractivity contribution in [3.8, 4) is 6.07 Å². The molecule has 1 aromatic rings. The van der Waals surface area contributed by atoms with Crippen LogP contribution in [0.4, 0.5) is 5.69 Å². The number of anilines is 1. The summed E-state index contributed by atoms with van der Waals surface area (Å²) in [6.45, 7) is 7.64. The number of hydrogen-bond acceptors (Lipinski definition) is 2. The highest BCUT2D eigenvalue weighted by atomic mass is 16.1. The van der Waals surface area contributed by atoms with Crippen LogP contribution < -0.4 is 5.32 Å². The van der Waals surface area contributed by atoms with E-state index in [-0.39, 0.29) is 11.8 Å². The lowest BCUT2D eigenvalue weighted by atomic mass is 9.86. The number of carbonyl (C=O) groups excluding carboxylic acids is 1. The number of rotatable bonds is 4. The lowest BCUT2D eigenvalue weighted by Crippen LogP contribution is -2.20. The lowest BCUT2D eigenvalue weighted by molar-refractivity contribution is -0.119. The molecule has 0 aliphatic carbocycles. The van der Waals surface area contributed by atoms with Gasteiger partial charge in [0.25, 0.3) is 0 Å². The second-order valence-corrected chi connectivity index (χ2v) is 5.11. The molecule has 0 heterocycles. The largest absolute Gasteiger partial charge is 0.326 e. The standard InChI is InChI=1S/C15H20N2O/c1-5-11(2)14(18)17-13-8-6-12(7-9-13)15(3,4)10-16/h6-9,11H,5H2,1-4H3,(H,17,18)/t11-/m1/s1. The number of amides is 1. The molecule has 0 aromatic heterocycles. The third-order valence-electron chi connectivity index (χ3n) is 3.21. The number of hydrogen-bond donors (Lipinski definition) is 1. The maximum Gasteiger partial charge on any atom is 0.227 e. The average Bonchev–Trinajstić information content (AvgIpc) is 2.38. The average molecular weight is 244 g/mol. The summed E-state index contributed by atoms with van der Waals surface area (Å²) in [5.41, 5.74) is 1.23. The first kappa shape index (κ1) is 14.2. The number of carbonyl (C=O) groups is 1. The van der Waals surface area contributed by atoms with E-state index in [4.69, 9.17) is 5.26 Å². The van der Waals surface area contributed by atoms with Crippen molar-refractivity contribution >= 4 is 11.6 Å². The van der Waals surface area contributed by atoms with E-state index in [0.29, 0.717) is 0 Å². The Balaban J connectivity index is 2.79. The minimum Gasteiger partial charge on any atom is -0.326 e. The highest BCUT2D eigenvalue weighted by molar-refractivity contribution is 5.92. The number of nitrogens with zero attached hydrogens (tertiary/aromatic N) is 1. The topological polar surface area (TPSA) is 52.9 Å². The van der Waals surface area contributed by atoms with Gasteiger partial charge in [0, 0.05) is 11.6 Å². The van der Waals surface area contributed by atoms with Crippen molar-refractivity contribution in [2.75, 3.05) is 5.32 Å². The van der Waals surface area contributed by atoms with E-state index in [1.807, 2.05) is 52.0 Å². The van der Waals surface area contributed by atoms with Crippen molar-refractivity contribution in [1.29, 1.82) is 5.26 Å². The molecule has 0 aliphatic heterocycles. The zero-order chi connectivity index (χ0) is 13.8. The third kappa shape index (κ3) is 3.33. The van der Waals surface area contributed by atoms with Crippen molar-refractivity contribution in [2.24, 2.45) is 5.92 Å². The SMILES string of the molecule is CC[C@@H](C)C(=O)Nc1ccc(C(C)(C)C#N)cc1. The second kappa shape index (κ2) is 5.68. The van der Waals surface area contributed by atoms with Gasteiger partial charge < -0.3 is 5.32 Å². The fourth-order valence-corrected chi connectivity index (χ4v) is 1.49. The van der Waals surface area contributed by atoms with Crippen LogP contribution in [0, 0.1) is 17.2 Å². The van der Waals surface area contributed by atoms with Crippen molar-refractivity contribution < 1.29 is 4.79 Å². The van der Waals surface area contributed by atoms with Gasteiger partial charge in [-0.25, -0.2) is 0 Å². The Bertz CT molecular complexity index is 454.